The Balaban J connectivity index is 1.55. The van der Waals surface area contributed by atoms with Crippen LogP contribution < -0.4 is 0 Å². The Morgan fingerprint density at radius 3 is 2.68 bits per heavy atom. The summed E-state index contributed by atoms with van der Waals surface area (Å²) in [4.78, 5) is 16.7. The summed E-state index contributed by atoms with van der Waals surface area (Å²) in [5.74, 6) is 0.425. The monoisotopic (exact) mass is 363 g/mol. The first kappa shape index (κ1) is 16.5. The van der Waals surface area contributed by atoms with Crippen LogP contribution in [-0.2, 0) is 19.6 Å². The van der Waals surface area contributed by atoms with E-state index in [2.05, 4.69) is 4.40 Å². The van der Waals surface area contributed by atoms with Gasteiger partial charge in [-0.1, -0.05) is 12.1 Å². The van der Waals surface area contributed by atoms with Crippen molar-refractivity contribution in [3.63, 3.8) is 0 Å². The number of nitrogens with zero attached hydrogens (tertiary/aromatic N) is 3. The van der Waals surface area contributed by atoms with Gasteiger partial charge in [-0.15, -0.1) is 4.40 Å². The second-order valence-electron chi connectivity index (χ2n) is 6.58. The van der Waals surface area contributed by atoms with Gasteiger partial charge in [0.2, 0.25) is 0 Å². The lowest BCUT2D eigenvalue weighted by Crippen LogP contribution is -2.53. The maximum Gasteiger partial charge on any atom is 0.285 e. The zero-order valence-electron chi connectivity index (χ0n) is 13.9. The molecule has 0 saturated carbocycles. The van der Waals surface area contributed by atoms with E-state index in [-0.39, 0.29) is 10.8 Å². The normalized spacial score (nSPS) is 25.4. The molecule has 7 nitrogen and oxygen atoms in total. The Labute approximate surface area is 147 Å². The first-order valence-corrected chi connectivity index (χ1v) is 10.1. The van der Waals surface area contributed by atoms with Crippen LogP contribution >= 0.6 is 0 Å². The van der Waals surface area contributed by atoms with Gasteiger partial charge in [0.15, 0.2) is 11.9 Å². The third kappa shape index (κ3) is 3.04. The van der Waals surface area contributed by atoms with E-state index >= 15 is 0 Å². The first-order chi connectivity index (χ1) is 12.1. The van der Waals surface area contributed by atoms with Crippen molar-refractivity contribution in [1.82, 2.24) is 9.80 Å². The SMILES string of the molecule is O=C(C1CN(C2=NS(=O)(=O)c3ccccc32)CCO1)N1CCCCC1. The van der Waals surface area contributed by atoms with Crippen molar-refractivity contribution in [2.75, 3.05) is 32.8 Å². The van der Waals surface area contributed by atoms with Crippen molar-refractivity contribution in [1.29, 1.82) is 0 Å². The molecule has 1 amide bonds. The minimum Gasteiger partial charge on any atom is -0.365 e. The number of benzene rings is 1. The van der Waals surface area contributed by atoms with Gasteiger partial charge in [0.05, 0.1) is 13.2 Å². The van der Waals surface area contributed by atoms with Crippen LogP contribution in [-0.4, -0.2) is 68.9 Å². The zero-order chi connectivity index (χ0) is 17.4. The minimum atomic E-state index is -3.65. The van der Waals surface area contributed by atoms with Crippen LogP contribution in [0.25, 0.3) is 0 Å². The van der Waals surface area contributed by atoms with E-state index in [9.17, 15) is 13.2 Å². The molecule has 0 aromatic heterocycles. The molecule has 2 fully saturated rings. The van der Waals surface area contributed by atoms with Gasteiger partial charge in [-0.3, -0.25) is 4.79 Å². The summed E-state index contributed by atoms with van der Waals surface area (Å²) in [7, 11) is -3.65. The molecule has 0 N–H and O–H groups in total. The van der Waals surface area contributed by atoms with Gasteiger partial charge in [0.1, 0.15) is 4.90 Å². The molecule has 3 aliphatic heterocycles. The third-order valence-electron chi connectivity index (χ3n) is 4.92. The summed E-state index contributed by atoms with van der Waals surface area (Å²) in [5, 5.41) is 0. The lowest BCUT2D eigenvalue weighted by molar-refractivity contribution is -0.148. The van der Waals surface area contributed by atoms with Crippen LogP contribution in [0.3, 0.4) is 0 Å². The summed E-state index contributed by atoms with van der Waals surface area (Å²) in [6.45, 7) is 2.78. The Morgan fingerprint density at radius 2 is 1.88 bits per heavy atom. The number of rotatable bonds is 1. The second kappa shape index (κ2) is 6.42. The van der Waals surface area contributed by atoms with Crippen LogP contribution in [0.2, 0.25) is 0 Å². The molecule has 134 valence electrons. The highest BCUT2D eigenvalue weighted by molar-refractivity contribution is 7.90. The van der Waals surface area contributed by atoms with Crippen molar-refractivity contribution >= 4 is 21.8 Å². The number of carbonyl (C=O) groups excluding carboxylic acids is 1. The minimum absolute atomic E-state index is 0.000797. The molecule has 3 heterocycles. The highest BCUT2D eigenvalue weighted by atomic mass is 32.2. The van der Waals surface area contributed by atoms with Crippen molar-refractivity contribution < 1.29 is 17.9 Å². The Kier molecular flexibility index (Phi) is 4.24. The summed E-state index contributed by atoms with van der Waals surface area (Å²) < 4.78 is 34.1. The van der Waals surface area contributed by atoms with Gasteiger partial charge >= 0.3 is 0 Å². The van der Waals surface area contributed by atoms with Crippen LogP contribution in [0, 0.1) is 0 Å². The number of sulfonamides is 1. The maximum absolute atomic E-state index is 12.7. The molecule has 0 radical (unpaired) electrons. The molecule has 25 heavy (non-hydrogen) atoms. The second-order valence-corrected chi connectivity index (χ2v) is 8.15. The van der Waals surface area contributed by atoms with Gasteiger partial charge in [0, 0.05) is 25.2 Å². The summed E-state index contributed by atoms with van der Waals surface area (Å²) in [6, 6.07) is 6.82. The summed E-state index contributed by atoms with van der Waals surface area (Å²) in [6.07, 6.45) is 2.65. The van der Waals surface area contributed by atoms with E-state index in [1.165, 1.54) is 0 Å². The summed E-state index contributed by atoms with van der Waals surface area (Å²) in [5.41, 5.74) is 0.605. The third-order valence-corrected chi connectivity index (χ3v) is 6.25. The Hall–Kier alpha value is -1.93. The molecule has 0 aliphatic carbocycles. The molecule has 1 atom stereocenters. The molecule has 1 aromatic carbocycles. The number of fused-ring (bicyclic) bond motifs is 1. The molecular weight excluding hydrogens is 342 g/mol. The van der Waals surface area contributed by atoms with Crippen molar-refractivity contribution in [2.45, 2.75) is 30.3 Å². The molecule has 1 unspecified atom stereocenters. The lowest BCUT2D eigenvalue weighted by atomic mass is 10.1. The number of carbonyl (C=O) groups is 1. The van der Waals surface area contributed by atoms with E-state index in [0.717, 1.165) is 32.4 Å². The number of ether oxygens (including phenoxy) is 1. The average Bonchev–Trinajstić information content (AvgIpc) is 2.94. The van der Waals surface area contributed by atoms with E-state index in [0.29, 0.717) is 31.1 Å². The van der Waals surface area contributed by atoms with Gasteiger partial charge < -0.3 is 14.5 Å². The van der Waals surface area contributed by atoms with Crippen LogP contribution in [0.1, 0.15) is 24.8 Å². The number of hydrogen-bond donors (Lipinski definition) is 0. The average molecular weight is 363 g/mol. The van der Waals surface area contributed by atoms with E-state index < -0.39 is 16.1 Å². The molecule has 8 heteroatoms. The number of amidine groups is 1. The van der Waals surface area contributed by atoms with Gasteiger partial charge in [-0.2, -0.15) is 8.42 Å². The van der Waals surface area contributed by atoms with Crippen molar-refractivity contribution in [2.24, 2.45) is 4.40 Å². The fraction of sp³-hybridized carbons (Fsp3) is 0.529. The van der Waals surface area contributed by atoms with Gasteiger partial charge in [0.25, 0.3) is 15.9 Å². The van der Waals surface area contributed by atoms with Crippen LogP contribution in [0.15, 0.2) is 33.6 Å². The standard InChI is InChI=1S/C17H21N3O4S/c21-17(19-8-4-1-5-9-19)14-12-20(10-11-24-14)16-13-6-2-3-7-15(13)25(22,23)18-16/h2-3,6-7,14H,1,4-5,8-12H2. The summed E-state index contributed by atoms with van der Waals surface area (Å²) >= 11 is 0. The zero-order valence-corrected chi connectivity index (χ0v) is 14.7. The fourth-order valence-electron chi connectivity index (χ4n) is 3.63. The Morgan fingerprint density at radius 1 is 1.12 bits per heavy atom. The molecule has 4 rings (SSSR count). The topological polar surface area (TPSA) is 79.3 Å². The number of likely N-dealkylation sites (tertiary alicyclic amines) is 1. The molecule has 1 aromatic rings. The van der Waals surface area contributed by atoms with Gasteiger partial charge in [-0.05, 0) is 31.4 Å². The quantitative estimate of drug-likeness (QED) is 0.739. The first-order valence-electron chi connectivity index (χ1n) is 8.66. The number of morpholine rings is 1. The van der Waals surface area contributed by atoms with E-state index in [1.807, 2.05) is 9.80 Å². The number of piperidine rings is 1. The van der Waals surface area contributed by atoms with E-state index in [1.54, 1.807) is 24.3 Å². The predicted molar refractivity (Wildman–Crippen MR) is 91.9 cm³/mol. The highest BCUT2D eigenvalue weighted by Crippen LogP contribution is 2.28. The smallest absolute Gasteiger partial charge is 0.285 e. The highest BCUT2D eigenvalue weighted by Gasteiger charge is 2.36. The Bertz CT molecular complexity index is 815. The number of hydrogen-bond acceptors (Lipinski definition) is 5. The van der Waals surface area contributed by atoms with Crippen molar-refractivity contribution in [3.8, 4) is 0 Å². The molecule has 0 bridgehead atoms. The van der Waals surface area contributed by atoms with Crippen LogP contribution in [0.4, 0.5) is 0 Å². The molecule has 0 spiro atoms. The maximum atomic E-state index is 12.7. The van der Waals surface area contributed by atoms with Crippen LogP contribution in [0.5, 0.6) is 0 Å². The lowest BCUT2D eigenvalue weighted by Gasteiger charge is -2.37. The van der Waals surface area contributed by atoms with Gasteiger partial charge in [-0.25, -0.2) is 0 Å². The van der Waals surface area contributed by atoms with Crippen molar-refractivity contribution in [3.05, 3.63) is 29.8 Å². The predicted octanol–water partition coefficient (Wildman–Crippen LogP) is 0.849. The fourth-order valence-corrected chi connectivity index (χ4v) is 4.85. The number of amides is 1. The molecule has 2 saturated heterocycles. The molecular formula is C17H21N3O4S. The largest absolute Gasteiger partial charge is 0.365 e. The molecule has 3 aliphatic rings. The van der Waals surface area contributed by atoms with E-state index in [4.69, 9.17) is 4.74 Å².